The summed E-state index contributed by atoms with van der Waals surface area (Å²) >= 11 is 4.77. The fourth-order valence-corrected chi connectivity index (χ4v) is 5.45. The molecule has 0 aromatic heterocycles. The zero-order valence-corrected chi connectivity index (χ0v) is 16.7. The highest BCUT2D eigenvalue weighted by molar-refractivity contribution is 14.1. The van der Waals surface area contributed by atoms with Crippen LogP contribution in [0, 0.1) is 14.1 Å². The molecule has 1 aromatic carbocycles. The molecular weight excluding hydrogens is 490 g/mol. The standard InChI is InChI=1S/C16H20I2N2O/c1-10-12(17)7-11(8-13(10)18)9-14-15(21)20(2)16(19-14)5-3-4-6-16/h7-8,14,19H,3-6,9H2,1-2H3/t14-/m0/s1. The van der Waals surface area contributed by atoms with Crippen LogP contribution in [0.3, 0.4) is 0 Å². The molecule has 1 N–H and O–H groups in total. The van der Waals surface area contributed by atoms with Crippen LogP contribution in [0.2, 0.25) is 0 Å². The van der Waals surface area contributed by atoms with Gasteiger partial charge in [-0.25, -0.2) is 0 Å². The average molecular weight is 510 g/mol. The van der Waals surface area contributed by atoms with Crippen molar-refractivity contribution >= 4 is 51.1 Å². The van der Waals surface area contributed by atoms with Crippen molar-refractivity contribution in [1.82, 2.24) is 10.2 Å². The van der Waals surface area contributed by atoms with Gasteiger partial charge < -0.3 is 4.90 Å². The number of likely N-dealkylation sites (N-methyl/N-ethyl adjacent to an activating group) is 1. The molecule has 3 nitrogen and oxygen atoms in total. The van der Waals surface area contributed by atoms with E-state index in [2.05, 4.69) is 69.6 Å². The van der Waals surface area contributed by atoms with Crippen LogP contribution in [0.4, 0.5) is 0 Å². The van der Waals surface area contributed by atoms with Gasteiger partial charge in [-0.2, -0.15) is 0 Å². The summed E-state index contributed by atoms with van der Waals surface area (Å²) in [7, 11) is 1.96. The quantitative estimate of drug-likeness (QED) is 0.619. The van der Waals surface area contributed by atoms with Gasteiger partial charge in [0.1, 0.15) is 0 Å². The van der Waals surface area contributed by atoms with E-state index in [1.165, 1.54) is 31.1 Å². The number of nitrogens with zero attached hydrogens (tertiary/aromatic N) is 1. The highest BCUT2D eigenvalue weighted by atomic mass is 127. The molecule has 0 bridgehead atoms. The number of carbonyl (C=O) groups excluding carboxylic acids is 1. The van der Waals surface area contributed by atoms with Crippen LogP contribution >= 0.6 is 45.2 Å². The largest absolute Gasteiger partial charge is 0.326 e. The van der Waals surface area contributed by atoms with Crippen molar-refractivity contribution in [2.45, 2.75) is 50.7 Å². The number of nitrogens with one attached hydrogen (secondary N) is 1. The third kappa shape index (κ3) is 2.85. The van der Waals surface area contributed by atoms with Crippen molar-refractivity contribution < 1.29 is 4.79 Å². The molecule has 2 aliphatic rings. The Morgan fingerprint density at radius 2 is 1.86 bits per heavy atom. The van der Waals surface area contributed by atoms with Gasteiger partial charge in [0.25, 0.3) is 0 Å². The van der Waals surface area contributed by atoms with Gasteiger partial charge in [0.15, 0.2) is 0 Å². The molecule has 1 saturated carbocycles. The van der Waals surface area contributed by atoms with Crippen LogP contribution < -0.4 is 5.32 Å². The summed E-state index contributed by atoms with van der Waals surface area (Å²) in [4.78, 5) is 14.5. The van der Waals surface area contributed by atoms with Gasteiger partial charge in [-0.3, -0.25) is 10.1 Å². The van der Waals surface area contributed by atoms with E-state index in [9.17, 15) is 4.79 Å². The third-order valence-electron chi connectivity index (χ3n) is 4.92. The molecular formula is C16H20I2N2O. The zero-order chi connectivity index (χ0) is 15.2. The summed E-state index contributed by atoms with van der Waals surface area (Å²) in [5.41, 5.74) is 2.52. The third-order valence-corrected chi connectivity index (χ3v) is 7.17. The molecule has 2 fully saturated rings. The predicted octanol–water partition coefficient (Wildman–Crippen LogP) is 3.45. The van der Waals surface area contributed by atoms with Gasteiger partial charge in [0, 0.05) is 14.2 Å². The maximum Gasteiger partial charge on any atom is 0.241 e. The Kier molecular flexibility index (Phi) is 4.53. The highest BCUT2D eigenvalue weighted by Gasteiger charge is 2.49. The molecule has 0 radical (unpaired) electrons. The van der Waals surface area contributed by atoms with Crippen LogP contribution in [-0.2, 0) is 11.2 Å². The normalized spacial score (nSPS) is 24.3. The smallest absolute Gasteiger partial charge is 0.241 e. The lowest BCUT2D eigenvalue weighted by molar-refractivity contribution is -0.130. The van der Waals surface area contributed by atoms with E-state index in [1.807, 2.05) is 11.9 Å². The fraction of sp³-hybridized carbons (Fsp3) is 0.562. The first-order chi connectivity index (χ1) is 9.93. The number of benzene rings is 1. The Labute approximate surface area is 153 Å². The topological polar surface area (TPSA) is 32.3 Å². The van der Waals surface area contributed by atoms with Crippen molar-refractivity contribution in [3.63, 3.8) is 0 Å². The van der Waals surface area contributed by atoms with Crippen molar-refractivity contribution in [1.29, 1.82) is 0 Å². The maximum absolute atomic E-state index is 12.6. The molecule has 1 heterocycles. The highest BCUT2D eigenvalue weighted by Crippen LogP contribution is 2.37. The first kappa shape index (κ1) is 16.0. The van der Waals surface area contributed by atoms with E-state index in [0.717, 1.165) is 19.3 Å². The lowest BCUT2D eigenvalue weighted by Gasteiger charge is -2.31. The Hall–Kier alpha value is 0.110. The second kappa shape index (κ2) is 5.96. The number of hydrogen-bond acceptors (Lipinski definition) is 2. The molecule has 1 atom stereocenters. The first-order valence-corrected chi connectivity index (χ1v) is 9.58. The van der Waals surface area contributed by atoms with Gasteiger partial charge in [-0.1, -0.05) is 0 Å². The number of hydrogen-bond donors (Lipinski definition) is 1. The Morgan fingerprint density at radius 1 is 1.29 bits per heavy atom. The number of carbonyl (C=O) groups is 1. The molecule has 1 spiro atoms. The van der Waals surface area contributed by atoms with Crippen molar-refractivity contribution in [2.75, 3.05) is 7.05 Å². The minimum absolute atomic E-state index is 0.0627. The lowest BCUT2D eigenvalue weighted by Crippen LogP contribution is -2.48. The van der Waals surface area contributed by atoms with Crippen molar-refractivity contribution in [2.24, 2.45) is 0 Å². The maximum atomic E-state index is 12.6. The van der Waals surface area contributed by atoms with E-state index in [4.69, 9.17) is 0 Å². The lowest BCUT2D eigenvalue weighted by atomic mass is 10.0. The summed E-state index contributed by atoms with van der Waals surface area (Å²) in [6.07, 6.45) is 5.41. The van der Waals surface area contributed by atoms with E-state index < -0.39 is 0 Å². The number of rotatable bonds is 2. The van der Waals surface area contributed by atoms with Gasteiger partial charge in [-0.15, -0.1) is 0 Å². The minimum atomic E-state index is -0.0672. The van der Waals surface area contributed by atoms with Crippen LogP contribution in [0.1, 0.15) is 36.8 Å². The molecule has 1 aromatic rings. The van der Waals surface area contributed by atoms with Gasteiger partial charge in [0.2, 0.25) is 5.91 Å². The minimum Gasteiger partial charge on any atom is -0.326 e. The van der Waals surface area contributed by atoms with E-state index in [0.29, 0.717) is 0 Å². The summed E-state index contributed by atoms with van der Waals surface area (Å²) in [5, 5.41) is 3.64. The summed E-state index contributed by atoms with van der Waals surface area (Å²) in [6.45, 7) is 2.15. The summed E-state index contributed by atoms with van der Waals surface area (Å²) < 4.78 is 2.56. The summed E-state index contributed by atoms with van der Waals surface area (Å²) in [6, 6.07) is 4.36. The summed E-state index contributed by atoms with van der Waals surface area (Å²) in [5.74, 6) is 0.252. The van der Waals surface area contributed by atoms with Crippen LogP contribution in [0.5, 0.6) is 0 Å². The predicted molar refractivity (Wildman–Crippen MR) is 101 cm³/mol. The second-order valence-corrected chi connectivity index (χ2v) is 8.55. The zero-order valence-electron chi connectivity index (χ0n) is 12.4. The van der Waals surface area contributed by atoms with E-state index >= 15 is 0 Å². The van der Waals surface area contributed by atoms with Gasteiger partial charge in [-0.05, 0) is 107 Å². The Morgan fingerprint density at radius 3 is 2.43 bits per heavy atom. The van der Waals surface area contributed by atoms with Gasteiger partial charge in [0.05, 0.1) is 11.7 Å². The molecule has 21 heavy (non-hydrogen) atoms. The average Bonchev–Trinajstić information content (AvgIpc) is 2.99. The van der Waals surface area contributed by atoms with Crippen molar-refractivity contribution in [3.8, 4) is 0 Å². The Balaban J connectivity index is 1.81. The molecule has 0 unspecified atom stereocenters. The van der Waals surface area contributed by atoms with E-state index in [1.54, 1.807) is 0 Å². The molecule has 3 rings (SSSR count). The van der Waals surface area contributed by atoms with Crippen molar-refractivity contribution in [3.05, 3.63) is 30.4 Å². The number of halogens is 2. The van der Waals surface area contributed by atoms with Gasteiger partial charge >= 0.3 is 0 Å². The molecule has 114 valence electrons. The van der Waals surface area contributed by atoms with E-state index in [-0.39, 0.29) is 17.6 Å². The number of amides is 1. The molecule has 1 saturated heterocycles. The SMILES string of the molecule is Cc1c(I)cc(C[C@@H]2NC3(CCCC3)N(C)C2=O)cc1I. The molecule has 1 aliphatic carbocycles. The monoisotopic (exact) mass is 510 g/mol. The van der Waals surface area contributed by atoms with Crippen LogP contribution in [0.15, 0.2) is 12.1 Å². The van der Waals surface area contributed by atoms with Crippen LogP contribution in [-0.4, -0.2) is 29.6 Å². The first-order valence-electron chi connectivity index (χ1n) is 7.43. The van der Waals surface area contributed by atoms with Crippen LogP contribution in [0.25, 0.3) is 0 Å². The fourth-order valence-electron chi connectivity index (χ4n) is 3.56. The molecule has 1 aliphatic heterocycles. The molecule has 1 amide bonds. The second-order valence-electron chi connectivity index (χ2n) is 6.22. The Bertz CT molecular complexity index is 559. The molecule has 5 heteroatoms.